The van der Waals surface area contributed by atoms with Gasteiger partial charge in [-0.05, 0) is 26.0 Å². The molecule has 0 radical (unpaired) electrons. The van der Waals surface area contributed by atoms with E-state index in [9.17, 15) is 14.7 Å². The van der Waals surface area contributed by atoms with Gasteiger partial charge in [-0.25, -0.2) is 4.79 Å². The minimum absolute atomic E-state index is 0.148. The van der Waals surface area contributed by atoms with E-state index in [0.29, 0.717) is 13.2 Å². The van der Waals surface area contributed by atoms with Crippen molar-refractivity contribution in [3.63, 3.8) is 0 Å². The molecule has 1 N–H and O–H groups in total. The SMILES string of the molecule is CCN1CN(C(C)(C)C(=O)O)C(=O)C1c1ccccc1. The lowest BCUT2D eigenvalue weighted by Gasteiger charge is -2.31. The predicted molar refractivity (Wildman–Crippen MR) is 75.0 cm³/mol. The fourth-order valence-corrected chi connectivity index (χ4v) is 2.48. The van der Waals surface area contributed by atoms with E-state index in [0.717, 1.165) is 5.56 Å². The van der Waals surface area contributed by atoms with Gasteiger partial charge in [0.25, 0.3) is 0 Å². The standard InChI is InChI=1S/C15H20N2O3/c1-4-16-10-17(15(2,3)14(19)20)13(18)12(16)11-8-6-5-7-9-11/h5-9,12H,4,10H2,1-3H3,(H,19,20). The van der Waals surface area contributed by atoms with Gasteiger partial charge in [0, 0.05) is 0 Å². The van der Waals surface area contributed by atoms with Crippen molar-refractivity contribution < 1.29 is 14.7 Å². The fraction of sp³-hybridized carbons (Fsp3) is 0.467. The molecule has 5 nitrogen and oxygen atoms in total. The Morgan fingerprint density at radius 1 is 1.35 bits per heavy atom. The Morgan fingerprint density at radius 2 is 1.95 bits per heavy atom. The van der Waals surface area contributed by atoms with Crippen molar-refractivity contribution in [1.29, 1.82) is 0 Å². The largest absolute Gasteiger partial charge is 0.480 e. The molecule has 1 amide bonds. The minimum atomic E-state index is -1.20. The van der Waals surface area contributed by atoms with Gasteiger partial charge in [-0.1, -0.05) is 37.3 Å². The lowest BCUT2D eigenvalue weighted by atomic mass is 10.0. The average molecular weight is 276 g/mol. The van der Waals surface area contributed by atoms with E-state index < -0.39 is 11.5 Å². The molecule has 0 saturated carbocycles. The average Bonchev–Trinajstić information content (AvgIpc) is 2.77. The summed E-state index contributed by atoms with van der Waals surface area (Å²) in [6, 6.07) is 9.10. The molecular weight excluding hydrogens is 256 g/mol. The van der Waals surface area contributed by atoms with E-state index >= 15 is 0 Å². The first-order valence-electron chi connectivity index (χ1n) is 6.73. The Hall–Kier alpha value is -1.88. The fourth-order valence-electron chi connectivity index (χ4n) is 2.48. The number of benzene rings is 1. The highest BCUT2D eigenvalue weighted by Crippen LogP contribution is 2.33. The molecule has 20 heavy (non-hydrogen) atoms. The highest BCUT2D eigenvalue weighted by Gasteiger charge is 2.47. The van der Waals surface area contributed by atoms with E-state index in [1.54, 1.807) is 13.8 Å². The number of rotatable bonds is 4. The zero-order chi connectivity index (χ0) is 14.9. The van der Waals surface area contributed by atoms with Crippen LogP contribution < -0.4 is 0 Å². The van der Waals surface area contributed by atoms with Gasteiger partial charge in [0.2, 0.25) is 5.91 Å². The summed E-state index contributed by atoms with van der Waals surface area (Å²) in [4.78, 5) is 27.5. The summed E-state index contributed by atoms with van der Waals surface area (Å²) in [5, 5.41) is 9.32. The molecule has 0 aromatic heterocycles. The second kappa shape index (κ2) is 5.25. The molecule has 5 heteroatoms. The number of carbonyl (C=O) groups excluding carboxylic acids is 1. The molecule has 108 valence electrons. The van der Waals surface area contributed by atoms with Crippen LogP contribution in [-0.4, -0.2) is 45.5 Å². The lowest BCUT2D eigenvalue weighted by Crippen LogP contribution is -2.51. The smallest absolute Gasteiger partial charge is 0.329 e. The first kappa shape index (κ1) is 14.5. The van der Waals surface area contributed by atoms with Crippen molar-refractivity contribution in [3.05, 3.63) is 35.9 Å². The maximum atomic E-state index is 12.6. The van der Waals surface area contributed by atoms with Crippen molar-refractivity contribution in [3.8, 4) is 0 Å². The van der Waals surface area contributed by atoms with E-state index in [-0.39, 0.29) is 11.9 Å². The number of carboxylic acid groups (broad SMARTS) is 1. The van der Waals surface area contributed by atoms with Crippen LogP contribution in [0.1, 0.15) is 32.4 Å². The van der Waals surface area contributed by atoms with Crippen LogP contribution in [0.5, 0.6) is 0 Å². The van der Waals surface area contributed by atoms with Crippen LogP contribution in [0.3, 0.4) is 0 Å². The number of hydrogen-bond donors (Lipinski definition) is 1. The van der Waals surface area contributed by atoms with Crippen LogP contribution in [0.2, 0.25) is 0 Å². The highest BCUT2D eigenvalue weighted by molar-refractivity contribution is 5.91. The first-order valence-corrected chi connectivity index (χ1v) is 6.73. The second-order valence-electron chi connectivity index (χ2n) is 5.49. The van der Waals surface area contributed by atoms with Gasteiger partial charge in [0.05, 0.1) is 6.67 Å². The summed E-state index contributed by atoms with van der Waals surface area (Å²) in [5.41, 5.74) is -0.295. The number of aliphatic carboxylic acids is 1. The molecule has 1 aliphatic rings. The summed E-state index contributed by atoms with van der Waals surface area (Å²) in [7, 11) is 0. The molecule has 1 aromatic rings. The lowest BCUT2D eigenvalue weighted by molar-refractivity contribution is -0.155. The Labute approximate surface area is 118 Å². The predicted octanol–water partition coefficient (Wildman–Crippen LogP) is 1.71. The van der Waals surface area contributed by atoms with Crippen molar-refractivity contribution in [2.24, 2.45) is 0 Å². The Balaban J connectivity index is 2.36. The molecule has 1 aliphatic heterocycles. The highest BCUT2D eigenvalue weighted by atomic mass is 16.4. The molecule has 1 atom stereocenters. The molecule has 0 aliphatic carbocycles. The summed E-state index contributed by atoms with van der Waals surface area (Å²) in [6.07, 6.45) is 0. The number of carbonyl (C=O) groups is 2. The van der Waals surface area contributed by atoms with Gasteiger partial charge in [-0.3, -0.25) is 9.69 Å². The van der Waals surface area contributed by atoms with E-state index in [1.165, 1.54) is 4.90 Å². The molecule has 1 saturated heterocycles. The third kappa shape index (κ3) is 2.29. The van der Waals surface area contributed by atoms with Crippen molar-refractivity contribution in [2.75, 3.05) is 13.2 Å². The topological polar surface area (TPSA) is 60.9 Å². The minimum Gasteiger partial charge on any atom is -0.480 e. The molecule has 1 unspecified atom stereocenters. The van der Waals surface area contributed by atoms with Gasteiger partial charge in [0.1, 0.15) is 11.6 Å². The summed E-state index contributed by atoms with van der Waals surface area (Å²) in [5.74, 6) is -1.14. The number of nitrogens with zero attached hydrogens (tertiary/aromatic N) is 2. The maximum absolute atomic E-state index is 12.6. The van der Waals surface area contributed by atoms with Crippen LogP contribution in [0, 0.1) is 0 Å². The van der Waals surface area contributed by atoms with E-state index in [1.807, 2.05) is 42.2 Å². The molecular formula is C15H20N2O3. The first-order chi connectivity index (χ1) is 9.39. The number of hydrogen-bond acceptors (Lipinski definition) is 3. The van der Waals surface area contributed by atoms with Gasteiger partial charge in [-0.15, -0.1) is 0 Å². The molecule has 1 aromatic carbocycles. The number of likely N-dealkylation sites (N-methyl/N-ethyl adjacent to an activating group) is 1. The van der Waals surface area contributed by atoms with Crippen LogP contribution in [0.4, 0.5) is 0 Å². The van der Waals surface area contributed by atoms with Crippen LogP contribution in [0.25, 0.3) is 0 Å². The normalized spacial score (nSPS) is 20.4. The quantitative estimate of drug-likeness (QED) is 0.909. The molecule has 2 rings (SSSR count). The monoisotopic (exact) mass is 276 g/mol. The summed E-state index contributed by atoms with van der Waals surface area (Å²) in [6.45, 7) is 6.13. The Kier molecular flexibility index (Phi) is 3.81. The Bertz CT molecular complexity index is 513. The second-order valence-corrected chi connectivity index (χ2v) is 5.49. The summed E-state index contributed by atoms with van der Waals surface area (Å²) < 4.78 is 0. The third-order valence-corrected chi connectivity index (χ3v) is 3.91. The number of carboxylic acids is 1. The van der Waals surface area contributed by atoms with Crippen LogP contribution >= 0.6 is 0 Å². The zero-order valence-electron chi connectivity index (χ0n) is 12.0. The zero-order valence-corrected chi connectivity index (χ0v) is 12.0. The maximum Gasteiger partial charge on any atom is 0.329 e. The van der Waals surface area contributed by atoms with Gasteiger partial charge in [-0.2, -0.15) is 0 Å². The number of amides is 1. The summed E-state index contributed by atoms with van der Waals surface area (Å²) >= 11 is 0. The van der Waals surface area contributed by atoms with Crippen molar-refractivity contribution in [2.45, 2.75) is 32.4 Å². The molecule has 1 fully saturated rings. The van der Waals surface area contributed by atoms with Gasteiger partial charge in [0.15, 0.2) is 0 Å². The Morgan fingerprint density at radius 3 is 2.45 bits per heavy atom. The van der Waals surface area contributed by atoms with Crippen LogP contribution in [0.15, 0.2) is 30.3 Å². The molecule has 0 bridgehead atoms. The van der Waals surface area contributed by atoms with E-state index in [2.05, 4.69) is 0 Å². The van der Waals surface area contributed by atoms with Crippen molar-refractivity contribution >= 4 is 11.9 Å². The van der Waals surface area contributed by atoms with Gasteiger partial charge >= 0.3 is 5.97 Å². The molecule has 0 spiro atoms. The van der Waals surface area contributed by atoms with E-state index in [4.69, 9.17) is 0 Å². The van der Waals surface area contributed by atoms with Crippen LogP contribution in [-0.2, 0) is 9.59 Å². The van der Waals surface area contributed by atoms with Gasteiger partial charge < -0.3 is 10.0 Å². The third-order valence-electron chi connectivity index (χ3n) is 3.91. The van der Waals surface area contributed by atoms with Crippen molar-refractivity contribution in [1.82, 2.24) is 9.80 Å². The molecule has 1 heterocycles.